The number of ether oxygens (including phenoxy) is 2. The first-order valence-corrected chi connectivity index (χ1v) is 6.92. The minimum absolute atomic E-state index is 0.0593. The Balaban J connectivity index is 1.94. The van der Waals surface area contributed by atoms with Crippen molar-refractivity contribution >= 4 is 16.9 Å². The Morgan fingerprint density at radius 3 is 2.53 bits per heavy atom. The molecule has 0 aromatic carbocycles. The molecule has 0 bridgehead atoms. The van der Waals surface area contributed by atoms with Crippen molar-refractivity contribution < 1.29 is 24.2 Å². The van der Waals surface area contributed by atoms with Crippen LogP contribution in [0.25, 0.3) is 0 Å². The molecule has 2 rings (SSSR count). The van der Waals surface area contributed by atoms with Crippen LogP contribution in [0.5, 0.6) is 0 Å². The van der Waals surface area contributed by atoms with Gasteiger partial charge in [-0.2, -0.15) is 0 Å². The molecule has 0 saturated carbocycles. The van der Waals surface area contributed by atoms with Gasteiger partial charge in [-0.15, -0.1) is 10.1 Å². The van der Waals surface area contributed by atoms with Crippen molar-refractivity contribution in [1.29, 1.82) is 0 Å². The number of carbonyl (C=O) groups is 1. The Labute approximate surface area is 115 Å². The second-order valence-corrected chi connectivity index (χ2v) is 6.87. The molecule has 0 unspecified atom stereocenters. The van der Waals surface area contributed by atoms with Crippen molar-refractivity contribution in [3.05, 3.63) is 10.1 Å². The third-order valence-corrected chi connectivity index (χ3v) is 4.59. The summed E-state index contributed by atoms with van der Waals surface area (Å²) >= 11 is 1.20. The molecule has 0 aliphatic carbocycles. The highest BCUT2D eigenvalue weighted by atomic mass is 32.2. The first-order chi connectivity index (χ1) is 8.79. The Bertz CT molecular complexity index is 382. The Hall–Kier alpha value is -0.860. The van der Waals surface area contributed by atoms with E-state index in [-0.39, 0.29) is 23.1 Å². The monoisotopic (exact) mass is 291 g/mol. The largest absolute Gasteiger partial charge is 0.372 e. The van der Waals surface area contributed by atoms with Gasteiger partial charge in [0.15, 0.2) is 11.2 Å². The summed E-state index contributed by atoms with van der Waals surface area (Å²) in [7, 11) is 0. The molecular formula is C11H17NO6S. The summed E-state index contributed by atoms with van der Waals surface area (Å²) in [6.07, 6.45) is -1.48. The van der Waals surface area contributed by atoms with Gasteiger partial charge in [0, 0.05) is 5.41 Å². The SMILES string of the molecule is CC(C)(C)C(=O)S[C@H]1CO[C@H]2[C@@H]1OC[C@H]2O[N+](=O)[O-]. The molecule has 0 N–H and O–H groups in total. The van der Waals surface area contributed by atoms with E-state index in [4.69, 9.17) is 9.47 Å². The fraction of sp³-hybridized carbons (Fsp3) is 0.909. The van der Waals surface area contributed by atoms with Gasteiger partial charge in [0.1, 0.15) is 12.2 Å². The maximum Gasteiger partial charge on any atom is 0.294 e. The van der Waals surface area contributed by atoms with Crippen LogP contribution >= 0.6 is 11.8 Å². The third kappa shape index (κ3) is 3.18. The quantitative estimate of drug-likeness (QED) is 0.567. The lowest BCUT2D eigenvalue weighted by Crippen LogP contribution is -2.34. The molecule has 2 fully saturated rings. The molecule has 2 aliphatic heterocycles. The molecule has 7 nitrogen and oxygen atoms in total. The summed E-state index contributed by atoms with van der Waals surface area (Å²) in [4.78, 5) is 26.9. The van der Waals surface area contributed by atoms with E-state index < -0.39 is 22.7 Å². The number of hydrogen-bond donors (Lipinski definition) is 0. The van der Waals surface area contributed by atoms with Crippen molar-refractivity contribution in [1.82, 2.24) is 0 Å². The third-order valence-electron chi connectivity index (χ3n) is 3.05. The Kier molecular flexibility index (Phi) is 4.03. The highest BCUT2D eigenvalue weighted by Gasteiger charge is 2.50. The summed E-state index contributed by atoms with van der Waals surface area (Å²) < 4.78 is 11.0. The highest BCUT2D eigenvalue weighted by molar-refractivity contribution is 8.14. The molecule has 0 aromatic rings. The van der Waals surface area contributed by atoms with E-state index in [2.05, 4.69) is 4.84 Å². The minimum atomic E-state index is -0.833. The van der Waals surface area contributed by atoms with Crippen LogP contribution in [0.3, 0.4) is 0 Å². The molecule has 0 aromatic heterocycles. The van der Waals surface area contributed by atoms with Gasteiger partial charge in [0.2, 0.25) is 0 Å². The average Bonchev–Trinajstić information content (AvgIpc) is 2.81. The molecule has 108 valence electrons. The number of fused-ring (bicyclic) bond motifs is 1. The lowest BCUT2D eigenvalue weighted by Gasteiger charge is -2.20. The average molecular weight is 291 g/mol. The van der Waals surface area contributed by atoms with E-state index in [0.717, 1.165) is 0 Å². The number of carbonyl (C=O) groups excluding carboxylic acids is 1. The molecule has 2 saturated heterocycles. The zero-order valence-corrected chi connectivity index (χ0v) is 11.8. The molecule has 0 spiro atoms. The maximum atomic E-state index is 12.0. The number of thioether (sulfide) groups is 1. The fourth-order valence-electron chi connectivity index (χ4n) is 2.05. The van der Waals surface area contributed by atoms with E-state index in [1.165, 1.54) is 11.8 Å². The van der Waals surface area contributed by atoms with Gasteiger partial charge in [-0.25, -0.2) is 0 Å². The van der Waals surface area contributed by atoms with Gasteiger partial charge in [-0.05, 0) is 0 Å². The lowest BCUT2D eigenvalue weighted by molar-refractivity contribution is -0.769. The first-order valence-electron chi connectivity index (χ1n) is 6.04. The highest BCUT2D eigenvalue weighted by Crippen LogP contribution is 2.37. The van der Waals surface area contributed by atoms with Crippen molar-refractivity contribution in [2.45, 2.75) is 44.3 Å². The van der Waals surface area contributed by atoms with Crippen LogP contribution < -0.4 is 0 Å². The van der Waals surface area contributed by atoms with E-state index in [0.29, 0.717) is 6.61 Å². The molecule has 2 heterocycles. The van der Waals surface area contributed by atoms with Gasteiger partial charge < -0.3 is 14.3 Å². The summed E-state index contributed by atoms with van der Waals surface area (Å²) in [6.45, 7) is 6.02. The van der Waals surface area contributed by atoms with E-state index >= 15 is 0 Å². The Morgan fingerprint density at radius 2 is 1.95 bits per heavy atom. The van der Waals surface area contributed by atoms with Crippen molar-refractivity contribution in [2.24, 2.45) is 5.41 Å². The second kappa shape index (κ2) is 5.26. The summed E-state index contributed by atoms with van der Waals surface area (Å²) in [5.41, 5.74) is -0.432. The predicted molar refractivity (Wildman–Crippen MR) is 67.2 cm³/mol. The van der Waals surface area contributed by atoms with Crippen LogP contribution in [0.2, 0.25) is 0 Å². The Morgan fingerprint density at radius 1 is 1.32 bits per heavy atom. The smallest absolute Gasteiger partial charge is 0.294 e. The standard InChI is InChI=1S/C11H17NO6S/c1-11(2,3)10(13)19-7-5-17-8-6(18-12(14)15)4-16-9(7)8/h6-9H,4-5H2,1-3H3/t6-,7+,8-,9-/m1/s1. The zero-order valence-electron chi connectivity index (χ0n) is 11.0. The zero-order chi connectivity index (χ0) is 14.2. The summed E-state index contributed by atoms with van der Waals surface area (Å²) in [5, 5.41) is 9.45. The number of nitrogens with zero attached hydrogens (tertiary/aromatic N) is 1. The fourth-order valence-corrected chi connectivity index (χ4v) is 3.19. The van der Waals surface area contributed by atoms with Crippen LogP contribution in [0.4, 0.5) is 0 Å². The van der Waals surface area contributed by atoms with Crippen molar-refractivity contribution in [3.8, 4) is 0 Å². The normalized spacial score (nSPS) is 34.1. The summed E-state index contributed by atoms with van der Waals surface area (Å²) in [5.74, 6) is 0. The lowest BCUT2D eigenvalue weighted by atomic mass is 10.00. The molecule has 19 heavy (non-hydrogen) atoms. The first kappa shape index (κ1) is 14.5. The maximum absolute atomic E-state index is 12.0. The van der Waals surface area contributed by atoms with Crippen molar-refractivity contribution in [3.63, 3.8) is 0 Å². The molecule has 0 radical (unpaired) electrons. The van der Waals surface area contributed by atoms with E-state index in [1.54, 1.807) is 0 Å². The molecule has 2 aliphatic rings. The van der Waals surface area contributed by atoms with Gasteiger partial charge in [-0.3, -0.25) is 4.79 Å². The molecule has 0 amide bonds. The second-order valence-electron chi connectivity index (χ2n) is 5.66. The van der Waals surface area contributed by atoms with E-state index in [1.807, 2.05) is 20.8 Å². The van der Waals surface area contributed by atoms with Crippen LogP contribution in [0, 0.1) is 15.5 Å². The van der Waals surface area contributed by atoms with Crippen LogP contribution in [-0.4, -0.2) is 47.0 Å². The van der Waals surface area contributed by atoms with Crippen molar-refractivity contribution in [2.75, 3.05) is 13.2 Å². The van der Waals surface area contributed by atoms with Crippen LogP contribution in [-0.2, 0) is 19.1 Å². The van der Waals surface area contributed by atoms with Gasteiger partial charge in [0.25, 0.3) is 5.09 Å². The predicted octanol–water partition coefficient (Wildman–Crippen LogP) is 1.04. The van der Waals surface area contributed by atoms with Gasteiger partial charge in [-0.1, -0.05) is 32.5 Å². The molecule has 4 atom stereocenters. The summed E-state index contributed by atoms with van der Waals surface area (Å²) in [6, 6.07) is 0. The topological polar surface area (TPSA) is 87.9 Å². The minimum Gasteiger partial charge on any atom is -0.372 e. The van der Waals surface area contributed by atoms with Gasteiger partial charge in [0.05, 0.1) is 18.5 Å². The number of rotatable bonds is 3. The number of hydrogen-bond acceptors (Lipinski definition) is 7. The van der Waals surface area contributed by atoms with Crippen LogP contribution in [0.1, 0.15) is 20.8 Å². The van der Waals surface area contributed by atoms with Gasteiger partial charge >= 0.3 is 0 Å². The molecule has 8 heteroatoms. The van der Waals surface area contributed by atoms with E-state index in [9.17, 15) is 14.9 Å². The molecular weight excluding hydrogens is 274 g/mol. The van der Waals surface area contributed by atoms with Crippen LogP contribution in [0.15, 0.2) is 0 Å².